The molecule has 4 aromatic rings. The summed E-state index contributed by atoms with van der Waals surface area (Å²) in [5.41, 5.74) is 8.69. The van der Waals surface area contributed by atoms with E-state index in [1.54, 1.807) is 42.1 Å². The van der Waals surface area contributed by atoms with Gasteiger partial charge in [0.15, 0.2) is 5.82 Å². The molecular formula is C35H43FN6O4S. The number of benzene rings is 2. The maximum absolute atomic E-state index is 14.2. The van der Waals surface area contributed by atoms with E-state index in [9.17, 15) is 14.0 Å². The molecule has 0 unspecified atom stereocenters. The van der Waals surface area contributed by atoms with Crippen LogP contribution in [0.2, 0.25) is 0 Å². The van der Waals surface area contributed by atoms with Crippen molar-refractivity contribution < 1.29 is 23.8 Å². The molecule has 2 aromatic carbocycles. The van der Waals surface area contributed by atoms with Gasteiger partial charge in [0.1, 0.15) is 12.4 Å². The molecule has 250 valence electrons. The van der Waals surface area contributed by atoms with Crippen LogP contribution < -0.4 is 10.5 Å². The van der Waals surface area contributed by atoms with E-state index in [4.69, 9.17) is 20.8 Å². The zero-order chi connectivity index (χ0) is 34.3. The Balaban J connectivity index is 0.000000930. The first-order chi connectivity index (χ1) is 22.8. The first-order valence-corrected chi connectivity index (χ1v) is 17.2. The molecule has 0 atom stereocenters. The number of aryl methyl sites for hydroxylation is 1. The first-order valence-electron chi connectivity index (χ1n) is 15.8. The summed E-state index contributed by atoms with van der Waals surface area (Å²) in [7, 11) is 0. The van der Waals surface area contributed by atoms with E-state index in [2.05, 4.69) is 9.97 Å². The Morgan fingerprint density at radius 1 is 1.13 bits per heavy atom. The van der Waals surface area contributed by atoms with Gasteiger partial charge in [0.05, 0.1) is 22.7 Å². The van der Waals surface area contributed by atoms with Crippen molar-refractivity contribution in [3.63, 3.8) is 0 Å². The number of nitrogens with zero attached hydrogens (tertiary/aromatic N) is 5. The fraction of sp³-hybridized carbons (Fsp3) is 0.400. The molecule has 0 saturated carbocycles. The van der Waals surface area contributed by atoms with Gasteiger partial charge in [-0.15, -0.1) is 0 Å². The van der Waals surface area contributed by atoms with E-state index in [-0.39, 0.29) is 24.0 Å². The predicted molar refractivity (Wildman–Crippen MR) is 183 cm³/mol. The lowest BCUT2D eigenvalue weighted by Crippen LogP contribution is -2.39. The van der Waals surface area contributed by atoms with Gasteiger partial charge < -0.3 is 25.0 Å². The van der Waals surface area contributed by atoms with Crippen molar-refractivity contribution in [3.8, 4) is 11.9 Å². The smallest absolute Gasteiger partial charge is 0.289 e. The average molecular weight is 663 g/mol. The molecule has 10 nitrogen and oxygen atoms in total. The van der Waals surface area contributed by atoms with Gasteiger partial charge >= 0.3 is 0 Å². The summed E-state index contributed by atoms with van der Waals surface area (Å²) in [6.07, 6.45) is 4.33. The maximum atomic E-state index is 14.2. The summed E-state index contributed by atoms with van der Waals surface area (Å²) in [5, 5.41) is 16.8. The highest BCUT2D eigenvalue weighted by atomic mass is 32.2. The monoisotopic (exact) mass is 662 g/mol. The Hall–Kier alpha value is -4.47. The Kier molecular flexibility index (Phi) is 14.7. The van der Waals surface area contributed by atoms with Crippen LogP contribution in [0.4, 0.5) is 4.39 Å². The molecule has 1 aliphatic heterocycles. The molecule has 1 aliphatic rings. The van der Waals surface area contributed by atoms with Crippen LogP contribution in [0.1, 0.15) is 83.7 Å². The topological polar surface area (TPSA) is 147 Å². The van der Waals surface area contributed by atoms with Gasteiger partial charge in [0.2, 0.25) is 11.8 Å². The van der Waals surface area contributed by atoms with Gasteiger partial charge in [-0.3, -0.25) is 9.59 Å². The summed E-state index contributed by atoms with van der Waals surface area (Å²) in [6.45, 7) is 7.93. The number of aliphatic hydroxyl groups excluding tert-OH is 1. The first kappa shape index (κ1) is 37.0. The van der Waals surface area contributed by atoms with E-state index in [1.165, 1.54) is 12.1 Å². The van der Waals surface area contributed by atoms with Crippen molar-refractivity contribution in [1.29, 1.82) is 5.26 Å². The molecule has 47 heavy (non-hydrogen) atoms. The van der Waals surface area contributed by atoms with Crippen molar-refractivity contribution in [1.82, 2.24) is 19.4 Å². The maximum Gasteiger partial charge on any atom is 0.289 e. The average Bonchev–Trinajstić information content (AvgIpc) is 3.48. The third-order valence-electron chi connectivity index (χ3n) is 7.47. The number of halogens is 1. The number of carbonyl (C=O) groups excluding carboxylic acids is 2. The van der Waals surface area contributed by atoms with Crippen LogP contribution in [0.3, 0.4) is 0 Å². The normalized spacial score (nSPS) is 12.7. The number of pyridine rings is 1. The number of ether oxygens (including phenoxy) is 1. The van der Waals surface area contributed by atoms with Gasteiger partial charge in [-0.25, -0.2) is 14.4 Å². The third-order valence-corrected chi connectivity index (χ3v) is 8.06. The summed E-state index contributed by atoms with van der Waals surface area (Å²) in [5.74, 6) is 0.520. The summed E-state index contributed by atoms with van der Waals surface area (Å²) < 4.78 is 21.9. The van der Waals surface area contributed by atoms with E-state index < -0.39 is 11.7 Å². The summed E-state index contributed by atoms with van der Waals surface area (Å²) in [4.78, 5) is 36.4. The minimum Gasteiger partial charge on any atom is -0.473 e. The second kappa shape index (κ2) is 18.6. The van der Waals surface area contributed by atoms with Crippen molar-refractivity contribution in [2.24, 2.45) is 5.73 Å². The molecule has 1 fully saturated rings. The van der Waals surface area contributed by atoms with Crippen LogP contribution in [0.25, 0.3) is 11.0 Å². The summed E-state index contributed by atoms with van der Waals surface area (Å²) >= 11 is 1.67. The standard InChI is InChI=1S/C30H29FN6O3S.C3H8O.C2H6/c1-41-14-13-37-26-16-21(28(33)38)7-8-25(26)35-29(37)30(39)36-11-9-20(10-12-36)24-3-2-4-27(34-24)40-18-22-6-5-19(17-32)15-23(22)31;1-2-3-4;1-2/h2-8,15-16,20H,9-14,18H2,1H3,(H2,33,38);4H,2-3H2,1H3;1-2H3. The number of imidazole rings is 1. The highest BCUT2D eigenvalue weighted by Gasteiger charge is 2.29. The third kappa shape index (κ3) is 9.76. The molecule has 0 radical (unpaired) electrons. The number of piperidine rings is 1. The molecular weight excluding hydrogens is 619 g/mol. The van der Waals surface area contributed by atoms with Crippen LogP contribution in [0.5, 0.6) is 5.88 Å². The Bertz CT molecular complexity index is 1680. The van der Waals surface area contributed by atoms with Gasteiger partial charge in [-0.1, -0.05) is 32.9 Å². The molecule has 5 rings (SSSR count). The molecule has 2 amide bonds. The van der Waals surface area contributed by atoms with E-state index >= 15 is 0 Å². The number of hydrogen-bond acceptors (Lipinski definition) is 8. The van der Waals surface area contributed by atoms with Gasteiger partial charge in [0, 0.05) is 60.8 Å². The number of carbonyl (C=O) groups is 2. The molecule has 3 N–H and O–H groups in total. The molecule has 0 aliphatic carbocycles. The van der Waals surface area contributed by atoms with Crippen LogP contribution in [-0.4, -0.2) is 68.1 Å². The zero-order valence-corrected chi connectivity index (χ0v) is 28.2. The van der Waals surface area contributed by atoms with Crippen LogP contribution in [-0.2, 0) is 13.2 Å². The molecule has 3 heterocycles. The number of nitrogens with two attached hydrogens (primary N) is 1. The van der Waals surface area contributed by atoms with Gasteiger partial charge in [0.25, 0.3) is 5.91 Å². The van der Waals surface area contributed by atoms with Crippen molar-refractivity contribution >= 4 is 34.6 Å². The Morgan fingerprint density at radius 3 is 2.47 bits per heavy atom. The van der Waals surface area contributed by atoms with Crippen LogP contribution in [0, 0.1) is 17.1 Å². The molecule has 0 spiro atoms. The lowest BCUT2D eigenvalue weighted by molar-refractivity contribution is 0.0695. The van der Waals surface area contributed by atoms with Crippen LogP contribution in [0.15, 0.2) is 54.6 Å². The van der Waals surface area contributed by atoms with E-state index in [0.717, 1.165) is 36.2 Å². The molecule has 0 bridgehead atoms. The highest BCUT2D eigenvalue weighted by Crippen LogP contribution is 2.29. The van der Waals surface area contributed by atoms with Crippen molar-refractivity contribution in [2.75, 3.05) is 31.7 Å². The Morgan fingerprint density at radius 2 is 1.85 bits per heavy atom. The minimum atomic E-state index is -0.524. The number of fused-ring (bicyclic) bond motifs is 1. The molecule has 1 saturated heterocycles. The lowest BCUT2D eigenvalue weighted by Gasteiger charge is -2.31. The van der Waals surface area contributed by atoms with E-state index in [1.807, 2.05) is 54.7 Å². The van der Waals surface area contributed by atoms with Gasteiger partial charge in [-0.05, 0) is 61.9 Å². The number of thioether (sulfide) groups is 1. The highest BCUT2D eigenvalue weighted by molar-refractivity contribution is 7.98. The van der Waals surface area contributed by atoms with Crippen molar-refractivity contribution in [3.05, 3.63) is 88.6 Å². The number of nitriles is 1. The zero-order valence-electron chi connectivity index (χ0n) is 27.4. The fourth-order valence-corrected chi connectivity index (χ4v) is 5.36. The quantitative estimate of drug-likeness (QED) is 0.213. The number of hydrogen-bond donors (Lipinski definition) is 2. The summed E-state index contributed by atoms with van der Waals surface area (Å²) in [6, 6.07) is 16.8. The Labute approximate surface area is 279 Å². The second-order valence-corrected chi connectivity index (χ2v) is 11.5. The number of amides is 2. The molecule has 2 aromatic heterocycles. The fourth-order valence-electron chi connectivity index (χ4n) is 4.99. The largest absolute Gasteiger partial charge is 0.473 e. The number of rotatable bonds is 10. The SMILES string of the molecule is CC.CCCO.CSCCn1c(C(=O)N2CCC(c3cccc(OCc4ccc(C#N)cc4F)n3)CC2)nc2ccc(C(N)=O)cc21. The lowest BCUT2D eigenvalue weighted by atomic mass is 9.93. The number of aliphatic hydroxyl groups is 1. The minimum absolute atomic E-state index is 0.000581. The van der Waals surface area contributed by atoms with Gasteiger partial charge in [-0.2, -0.15) is 17.0 Å². The predicted octanol–water partition coefficient (Wildman–Crippen LogP) is 5.92. The van der Waals surface area contributed by atoms with Crippen LogP contribution >= 0.6 is 11.8 Å². The van der Waals surface area contributed by atoms with Crippen molar-refractivity contribution in [2.45, 2.75) is 59.1 Å². The number of aromatic nitrogens is 3. The number of primary amides is 1. The van der Waals surface area contributed by atoms with E-state index in [0.29, 0.717) is 54.6 Å². The number of likely N-dealkylation sites (tertiary alicyclic amines) is 1. The second-order valence-electron chi connectivity index (χ2n) is 10.5. The molecule has 12 heteroatoms.